The minimum absolute atomic E-state index is 0. The smallest absolute Gasteiger partial charge is 0.201 e. The van der Waals surface area contributed by atoms with Gasteiger partial charge in [0.15, 0.2) is 24.8 Å². The monoisotopic (exact) mass is 1200 g/mol. The molecular formula is C86H100N4+4. The SMILES string of the molecule is C.C.C.C.Cc1c[n+](C)c(-c2ccccc2C)cc1-c1ccccc1.Cc1ccc(-c2cc(C)c(-c3ccccc3)c[n+]2C)c(C)c1.[2H]C([2H])([2H])c1c[n+](C)c(-c2ccccc2C)cc1-c1ccccc1.[2H]C([2H])([2H])c1ccc(-c2cc(-c3ccccc3)c(C([2H])([2H])[2H])c[n+]2C)c(C)c1. The van der Waals surface area contributed by atoms with Gasteiger partial charge in [-0.1, -0.05) is 223 Å². The summed E-state index contributed by atoms with van der Waals surface area (Å²) in [5, 5.41) is 0. The Morgan fingerprint density at radius 3 is 0.878 bits per heavy atom. The Kier molecular flexibility index (Phi) is 21.0. The predicted molar refractivity (Wildman–Crippen MR) is 388 cm³/mol. The van der Waals surface area contributed by atoms with Crippen molar-refractivity contribution in [3.05, 3.63) is 311 Å². The van der Waals surface area contributed by atoms with Crippen molar-refractivity contribution in [2.24, 2.45) is 28.2 Å². The first kappa shape index (κ1) is 58.1. The largest absolute Gasteiger partial charge is 0.213 e. The molecule has 0 aliphatic carbocycles. The van der Waals surface area contributed by atoms with Crippen LogP contribution in [0.2, 0.25) is 0 Å². The van der Waals surface area contributed by atoms with Crippen molar-refractivity contribution >= 4 is 0 Å². The predicted octanol–water partition coefficient (Wildman–Crippen LogP) is 21.0. The van der Waals surface area contributed by atoms with E-state index in [0.29, 0.717) is 16.7 Å². The van der Waals surface area contributed by atoms with Crippen LogP contribution in [0.1, 0.15) is 97.7 Å². The molecule has 460 valence electrons. The van der Waals surface area contributed by atoms with Gasteiger partial charge in [0.2, 0.25) is 22.8 Å². The van der Waals surface area contributed by atoms with Crippen LogP contribution in [-0.4, -0.2) is 0 Å². The van der Waals surface area contributed by atoms with Gasteiger partial charge < -0.3 is 0 Å². The summed E-state index contributed by atoms with van der Waals surface area (Å²) in [5.74, 6) is 0. The van der Waals surface area contributed by atoms with Crippen LogP contribution in [-0.2, 0) is 28.2 Å². The third-order valence-electron chi connectivity index (χ3n) is 15.8. The van der Waals surface area contributed by atoms with Crippen LogP contribution in [0.15, 0.2) is 255 Å². The van der Waals surface area contributed by atoms with Crippen molar-refractivity contribution in [3.63, 3.8) is 0 Å². The summed E-state index contributed by atoms with van der Waals surface area (Å²) in [5.41, 5.74) is 26.6. The fourth-order valence-corrected chi connectivity index (χ4v) is 11.2. The van der Waals surface area contributed by atoms with Gasteiger partial charge in [-0.25, -0.2) is 18.3 Å². The molecule has 0 atom stereocenters. The van der Waals surface area contributed by atoms with Crippen LogP contribution in [0.5, 0.6) is 0 Å². The first-order chi connectivity index (χ1) is 45.1. The van der Waals surface area contributed by atoms with Gasteiger partial charge in [0.25, 0.3) is 0 Å². The molecule has 4 heterocycles. The molecule has 90 heavy (non-hydrogen) atoms. The maximum atomic E-state index is 7.93. The van der Waals surface area contributed by atoms with Crippen LogP contribution < -0.4 is 18.3 Å². The van der Waals surface area contributed by atoms with Crippen LogP contribution in [0.25, 0.3) is 89.5 Å². The van der Waals surface area contributed by atoms with Gasteiger partial charge in [-0.2, -0.15) is 0 Å². The molecule has 4 aromatic heterocycles. The summed E-state index contributed by atoms with van der Waals surface area (Å²) >= 11 is 0. The van der Waals surface area contributed by atoms with Crippen LogP contribution in [0.4, 0.5) is 0 Å². The highest BCUT2D eigenvalue weighted by Gasteiger charge is 2.21. The summed E-state index contributed by atoms with van der Waals surface area (Å²) in [6, 6.07) is 77.1. The highest BCUT2D eigenvalue weighted by Crippen LogP contribution is 2.32. The molecule has 0 aliphatic heterocycles. The lowest BCUT2D eigenvalue weighted by Crippen LogP contribution is -2.31. The zero-order valence-corrected chi connectivity index (χ0v) is 51.5. The van der Waals surface area contributed by atoms with Gasteiger partial charge in [0, 0.05) is 81.1 Å². The number of nitrogens with zero attached hydrogens (tertiary/aromatic N) is 4. The summed E-state index contributed by atoms with van der Waals surface area (Å²) in [4.78, 5) is 0. The van der Waals surface area contributed by atoms with Crippen molar-refractivity contribution in [3.8, 4) is 89.5 Å². The molecule has 8 aromatic carbocycles. The third-order valence-corrected chi connectivity index (χ3v) is 15.8. The van der Waals surface area contributed by atoms with E-state index in [9.17, 15) is 0 Å². The average molecular weight is 1200 g/mol. The maximum Gasteiger partial charge on any atom is 0.213 e. The molecular weight excluding hydrogens is 1090 g/mol. The Balaban J connectivity index is 0.000000236. The van der Waals surface area contributed by atoms with Crippen molar-refractivity contribution in [1.29, 1.82) is 0 Å². The quantitative estimate of drug-likeness (QED) is 0.135. The number of pyridine rings is 4. The van der Waals surface area contributed by atoms with E-state index in [-0.39, 0.29) is 35.3 Å². The highest BCUT2D eigenvalue weighted by atomic mass is 14.9. The molecule has 0 aliphatic rings. The molecule has 12 aromatic rings. The minimum atomic E-state index is -2.25. The Morgan fingerprint density at radius 1 is 0.222 bits per heavy atom. The zero-order valence-electron chi connectivity index (χ0n) is 60.5. The summed E-state index contributed by atoms with van der Waals surface area (Å²) in [7, 11) is 7.94. The van der Waals surface area contributed by atoms with Gasteiger partial charge >= 0.3 is 0 Å². The molecule has 0 amide bonds. The minimum Gasteiger partial charge on any atom is -0.201 e. The molecule has 0 radical (unpaired) electrons. The molecule has 0 unspecified atom stereocenters. The molecule has 0 saturated carbocycles. The molecule has 12 rings (SSSR count). The third kappa shape index (κ3) is 16.9. The summed E-state index contributed by atoms with van der Waals surface area (Å²) in [6.07, 6.45) is 7.82. The van der Waals surface area contributed by atoms with E-state index in [2.05, 4.69) is 205 Å². The zero-order chi connectivity index (χ0) is 68.5. The van der Waals surface area contributed by atoms with E-state index in [1.807, 2.05) is 103 Å². The number of benzene rings is 8. The molecule has 0 saturated heterocycles. The molecule has 0 spiro atoms. The van der Waals surface area contributed by atoms with Gasteiger partial charge in [0.1, 0.15) is 28.2 Å². The number of hydrogen-bond acceptors (Lipinski definition) is 0. The number of hydrogen-bond donors (Lipinski definition) is 0. The fraction of sp³-hybridized carbons (Fsp3) is 0.209. The van der Waals surface area contributed by atoms with E-state index in [1.165, 1.54) is 72.6 Å². The number of aryl methyl sites for hydroxylation is 14. The second kappa shape index (κ2) is 32.5. The Morgan fingerprint density at radius 2 is 0.511 bits per heavy atom. The van der Waals surface area contributed by atoms with E-state index in [4.69, 9.17) is 12.3 Å². The first-order valence-electron chi connectivity index (χ1n) is 33.7. The Bertz CT molecular complexity index is 4660. The van der Waals surface area contributed by atoms with Crippen LogP contribution in [0.3, 0.4) is 0 Å². The second-order valence-corrected chi connectivity index (χ2v) is 22.4. The molecule has 0 bridgehead atoms. The van der Waals surface area contributed by atoms with Crippen molar-refractivity contribution in [1.82, 2.24) is 0 Å². The first-order valence-corrected chi connectivity index (χ1v) is 29.2. The van der Waals surface area contributed by atoms with Crippen LogP contribution >= 0.6 is 0 Å². The normalized spacial score (nSPS) is 12.1. The lowest BCUT2D eigenvalue weighted by atomic mass is 9.97. The molecule has 0 fully saturated rings. The van der Waals surface area contributed by atoms with E-state index < -0.39 is 20.6 Å². The Labute approximate surface area is 555 Å². The number of aromatic nitrogens is 4. The van der Waals surface area contributed by atoms with Crippen LogP contribution in [0, 0.1) is 69.0 Å². The summed E-state index contributed by atoms with van der Waals surface area (Å²) in [6.45, 7) is 8.21. The standard InChI is InChI=1S/2C21H22N.2C20H20N.4CH4/c1-15-10-11-19(16(2)12-15)21-13-20(17(3)14-22(21)4)18-8-6-5-7-9-18;1-15-10-11-19(16(2)12-15)21-13-17(3)20(14-22(21)4)18-8-6-5-7-9-18;2*1-15-9-7-8-12-18(15)20-13-19(16(2)14-21(20)3)17-10-5-4-6-11-17;;;;/h2*5-14H,1-4H3;2*4-14H,1-3H3;4*1H4/q4*+1;;;;/i1D3,3D3;;2D3;;;;;. The van der Waals surface area contributed by atoms with E-state index in [0.717, 1.165) is 50.3 Å². The van der Waals surface area contributed by atoms with Crippen molar-refractivity contribution in [2.75, 3.05) is 0 Å². The average Bonchev–Trinajstić information content (AvgIpc) is 0.787. The highest BCUT2D eigenvalue weighted by molar-refractivity contribution is 5.76. The lowest BCUT2D eigenvalue weighted by molar-refractivity contribution is -0.660. The van der Waals surface area contributed by atoms with Gasteiger partial charge in [-0.3, -0.25) is 0 Å². The summed E-state index contributed by atoms with van der Waals surface area (Å²) < 4.78 is 78.4. The number of rotatable bonds is 8. The fourth-order valence-electron chi connectivity index (χ4n) is 11.2. The Hall–Kier alpha value is -9.64. The topological polar surface area (TPSA) is 15.5 Å². The second-order valence-electron chi connectivity index (χ2n) is 22.4. The van der Waals surface area contributed by atoms with Gasteiger partial charge in [-0.15, -0.1) is 0 Å². The van der Waals surface area contributed by atoms with E-state index in [1.54, 1.807) is 42.2 Å². The lowest BCUT2D eigenvalue weighted by Gasteiger charge is -2.10. The molecule has 4 heteroatoms. The van der Waals surface area contributed by atoms with Gasteiger partial charge in [0.05, 0.1) is 0 Å². The molecule has 4 nitrogen and oxygen atoms in total. The molecule has 0 N–H and O–H groups in total. The van der Waals surface area contributed by atoms with Crippen molar-refractivity contribution in [2.45, 2.75) is 98.7 Å². The van der Waals surface area contributed by atoms with Gasteiger partial charge in [-0.05, 0) is 160 Å². The van der Waals surface area contributed by atoms with Crippen molar-refractivity contribution < 1.29 is 30.6 Å². The van der Waals surface area contributed by atoms with E-state index >= 15 is 0 Å². The maximum absolute atomic E-state index is 7.93.